The number of methoxy groups -OCH3 is 1. The van der Waals surface area contributed by atoms with Gasteiger partial charge in [0, 0.05) is 32.7 Å². The third-order valence-corrected chi connectivity index (χ3v) is 5.26. The zero-order valence-electron chi connectivity index (χ0n) is 16.2. The van der Waals surface area contributed by atoms with Crippen LogP contribution >= 0.6 is 0 Å². The summed E-state index contributed by atoms with van der Waals surface area (Å²) in [7, 11) is 1.78. The number of carbonyl (C=O) groups excluding carboxylic acids is 1. The second kappa shape index (κ2) is 8.04. The van der Waals surface area contributed by atoms with Crippen molar-refractivity contribution in [3.63, 3.8) is 0 Å². The normalized spacial score (nSPS) is 20.4. The first-order chi connectivity index (χ1) is 12.5. The summed E-state index contributed by atoms with van der Waals surface area (Å²) in [6.45, 7) is 8.22. The topological polar surface area (TPSA) is 47.4 Å². The molecule has 2 aromatic rings. The van der Waals surface area contributed by atoms with Crippen LogP contribution in [0.1, 0.15) is 40.7 Å². The molecule has 1 fully saturated rings. The molecule has 0 saturated carbocycles. The number of benzene rings is 1. The minimum absolute atomic E-state index is 0.0799. The van der Waals surface area contributed by atoms with Gasteiger partial charge in [-0.05, 0) is 45.2 Å². The summed E-state index contributed by atoms with van der Waals surface area (Å²) in [6.07, 6.45) is 1.99. The molecular weight excluding hydrogens is 326 g/mol. The maximum Gasteiger partial charge on any atom is 0.272 e. The number of hydrogen-bond donors (Lipinski definition) is 0. The van der Waals surface area contributed by atoms with Crippen LogP contribution in [0.3, 0.4) is 0 Å². The fraction of sp³-hybridized carbons (Fsp3) is 0.524. The molecule has 1 aromatic carbocycles. The molecule has 2 heterocycles. The third-order valence-electron chi connectivity index (χ3n) is 5.26. The van der Waals surface area contributed by atoms with Crippen molar-refractivity contribution in [3.05, 3.63) is 52.8 Å². The standard InChI is InChI=1S/C21H29N3O2/c1-5-24-19(12-16(3)22-24)21(25)23-10-9-20(26-4)18(14-23)13-17-8-6-7-15(2)11-17/h6-8,11-12,18,20H,5,9-10,13-14H2,1-4H3/t18-,20-/m1/s1. The van der Waals surface area contributed by atoms with Crippen molar-refractivity contribution in [1.82, 2.24) is 14.7 Å². The molecular formula is C21H29N3O2. The zero-order valence-corrected chi connectivity index (χ0v) is 16.2. The smallest absolute Gasteiger partial charge is 0.272 e. The number of ether oxygens (including phenoxy) is 1. The molecule has 3 rings (SSSR count). The molecule has 0 N–H and O–H groups in total. The first kappa shape index (κ1) is 18.6. The lowest BCUT2D eigenvalue weighted by Crippen LogP contribution is -2.47. The molecule has 140 valence electrons. The van der Waals surface area contributed by atoms with Crippen LogP contribution in [-0.2, 0) is 17.7 Å². The van der Waals surface area contributed by atoms with Gasteiger partial charge in [0.2, 0.25) is 0 Å². The van der Waals surface area contributed by atoms with Gasteiger partial charge in [-0.25, -0.2) is 0 Å². The Hall–Kier alpha value is -2.14. The number of likely N-dealkylation sites (tertiary alicyclic amines) is 1. The summed E-state index contributed by atoms with van der Waals surface area (Å²) in [6, 6.07) is 10.5. The van der Waals surface area contributed by atoms with Crippen LogP contribution < -0.4 is 0 Å². The quantitative estimate of drug-likeness (QED) is 0.827. The first-order valence-corrected chi connectivity index (χ1v) is 9.44. The van der Waals surface area contributed by atoms with Crippen molar-refractivity contribution >= 4 is 5.91 Å². The lowest BCUT2D eigenvalue weighted by molar-refractivity contribution is -0.00335. The summed E-state index contributed by atoms with van der Waals surface area (Å²) in [5.41, 5.74) is 4.15. The van der Waals surface area contributed by atoms with Crippen LogP contribution in [0.15, 0.2) is 30.3 Å². The summed E-state index contributed by atoms with van der Waals surface area (Å²) in [5, 5.41) is 4.42. The highest BCUT2D eigenvalue weighted by molar-refractivity contribution is 5.92. The minimum Gasteiger partial charge on any atom is -0.381 e. The summed E-state index contributed by atoms with van der Waals surface area (Å²) in [5.74, 6) is 0.384. The van der Waals surface area contributed by atoms with Crippen LogP contribution in [0.4, 0.5) is 0 Å². The average Bonchev–Trinajstić information content (AvgIpc) is 3.02. The van der Waals surface area contributed by atoms with E-state index in [1.165, 1.54) is 11.1 Å². The van der Waals surface area contributed by atoms with Crippen molar-refractivity contribution in [3.8, 4) is 0 Å². The van der Waals surface area contributed by atoms with E-state index < -0.39 is 0 Å². The van der Waals surface area contributed by atoms with E-state index in [-0.39, 0.29) is 12.0 Å². The van der Waals surface area contributed by atoms with E-state index in [2.05, 4.69) is 36.3 Å². The minimum atomic E-state index is 0.0799. The van der Waals surface area contributed by atoms with Crippen LogP contribution in [0.25, 0.3) is 0 Å². The summed E-state index contributed by atoms with van der Waals surface area (Å²) in [4.78, 5) is 15.0. The van der Waals surface area contributed by atoms with Crippen LogP contribution in [0, 0.1) is 19.8 Å². The van der Waals surface area contributed by atoms with Gasteiger partial charge in [0.25, 0.3) is 5.91 Å². The predicted octanol–water partition coefficient (Wildman–Crippen LogP) is 3.24. The summed E-state index contributed by atoms with van der Waals surface area (Å²) < 4.78 is 7.53. The van der Waals surface area contributed by atoms with Gasteiger partial charge in [-0.1, -0.05) is 29.8 Å². The van der Waals surface area contributed by atoms with Gasteiger partial charge in [0.15, 0.2) is 0 Å². The molecule has 5 nitrogen and oxygen atoms in total. The van der Waals surface area contributed by atoms with Crippen LogP contribution in [0.5, 0.6) is 0 Å². The van der Waals surface area contributed by atoms with E-state index in [1.54, 1.807) is 11.8 Å². The Labute approximate surface area is 156 Å². The Morgan fingerprint density at radius 3 is 2.81 bits per heavy atom. The van der Waals surface area contributed by atoms with Crippen LogP contribution in [-0.4, -0.2) is 46.9 Å². The lowest BCUT2D eigenvalue weighted by Gasteiger charge is -2.38. The Balaban J connectivity index is 1.76. The van der Waals surface area contributed by atoms with Crippen molar-refractivity contribution < 1.29 is 9.53 Å². The Morgan fingerprint density at radius 2 is 2.12 bits per heavy atom. The number of rotatable bonds is 5. The number of aryl methyl sites for hydroxylation is 3. The summed E-state index contributed by atoms with van der Waals surface area (Å²) >= 11 is 0. The zero-order chi connectivity index (χ0) is 18.7. The number of amides is 1. The van der Waals surface area contributed by atoms with Crippen LogP contribution in [0.2, 0.25) is 0 Å². The van der Waals surface area contributed by atoms with Gasteiger partial charge in [-0.2, -0.15) is 5.10 Å². The second-order valence-corrected chi connectivity index (χ2v) is 7.25. The molecule has 5 heteroatoms. The SMILES string of the molecule is CCn1nc(C)cc1C(=O)N1CC[C@@H](OC)[C@H](Cc2cccc(C)c2)C1. The molecule has 1 aliphatic rings. The van der Waals surface area contributed by atoms with Gasteiger partial charge in [0.1, 0.15) is 5.69 Å². The van der Waals surface area contributed by atoms with Gasteiger partial charge >= 0.3 is 0 Å². The largest absolute Gasteiger partial charge is 0.381 e. The highest BCUT2D eigenvalue weighted by atomic mass is 16.5. The number of hydrogen-bond acceptors (Lipinski definition) is 3. The number of nitrogens with zero attached hydrogens (tertiary/aromatic N) is 3. The highest BCUT2D eigenvalue weighted by Crippen LogP contribution is 2.25. The maximum absolute atomic E-state index is 13.1. The van der Waals surface area contributed by atoms with E-state index in [0.717, 1.165) is 31.6 Å². The van der Waals surface area contributed by atoms with E-state index in [0.29, 0.717) is 18.2 Å². The van der Waals surface area contributed by atoms with Gasteiger partial charge < -0.3 is 9.64 Å². The van der Waals surface area contributed by atoms with Gasteiger partial charge in [0.05, 0.1) is 11.8 Å². The van der Waals surface area contributed by atoms with Crippen molar-refractivity contribution in [2.75, 3.05) is 20.2 Å². The third kappa shape index (κ3) is 3.98. The lowest BCUT2D eigenvalue weighted by atomic mass is 9.88. The molecule has 0 aliphatic carbocycles. The van der Waals surface area contributed by atoms with Crippen molar-refractivity contribution in [1.29, 1.82) is 0 Å². The predicted molar refractivity (Wildman–Crippen MR) is 102 cm³/mol. The Kier molecular flexibility index (Phi) is 5.77. The van der Waals surface area contributed by atoms with Gasteiger partial charge in [-0.3, -0.25) is 9.48 Å². The van der Waals surface area contributed by atoms with E-state index in [9.17, 15) is 4.79 Å². The fourth-order valence-corrected chi connectivity index (χ4v) is 3.96. The molecule has 0 bridgehead atoms. The molecule has 1 amide bonds. The highest BCUT2D eigenvalue weighted by Gasteiger charge is 2.33. The number of aromatic nitrogens is 2. The Bertz CT molecular complexity index is 768. The van der Waals surface area contributed by atoms with E-state index in [1.807, 2.05) is 24.8 Å². The Morgan fingerprint density at radius 1 is 1.31 bits per heavy atom. The number of carbonyl (C=O) groups is 1. The van der Waals surface area contributed by atoms with Crippen molar-refractivity contribution in [2.45, 2.75) is 46.3 Å². The van der Waals surface area contributed by atoms with Gasteiger partial charge in [-0.15, -0.1) is 0 Å². The fourth-order valence-electron chi connectivity index (χ4n) is 3.96. The molecule has 1 saturated heterocycles. The molecule has 26 heavy (non-hydrogen) atoms. The van der Waals surface area contributed by atoms with Crippen molar-refractivity contribution in [2.24, 2.45) is 5.92 Å². The molecule has 0 radical (unpaired) electrons. The van der Waals surface area contributed by atoms with E-state index in [4.69, 9.17) is 4.74 Å². The van der Waals surface area contributed by atoms with E-state index >= 15 is 0 Å². The molecule has 0 unspecified atom stereocenters. The molecule has 1 aromatic heterocycles. The average molecular weight is 355 g/mol. The second-order valence-electron chi connectivity index (χ2n) is 7.25. The number of piperidine rings is 1. The molecule has 0 spiro atoms. The molecule has 1 aliphatic heterocycles. The first-order valence-electron chi connectivity index (χ1n) is 9.44. The molecule has 2 atom stereocenters. The monoisotopic (exact) mass is 355 g/mol. The maximum atomic E-state index is 13.1.